The van der Waals surface area contributed by atoms with Gasteiger partial charge in [-0.05, 0) is 57.9 Å². The molecular formula is C15H31N3O2S. The topological polar surface area (TPSA) is 61.4 Å². The van der Waals surface area contributed by atoms with Gasteiger partial charge in [0.25, 0.3) is 10.2 Å². The monoisotopic (exact) mass is 317 g/mol. The average molecular weight is 317 g/mol. The first kappa shape index (κ1) is 17.2. The van der Waals surface area contributed by atoms with E-state index in [9.17, 15) is 8.42 Å². The summed E-state index contributed by atoms with van der Waals surface area (Å²) in [4.78, 5) is 0. The van der Waals surface area contributed by atoms with Crippen molar-refractivity contribution in [2.45, 2.75) is 65.0 Å². The first-order valence-corrected chi connectivity index (χ1v) is 9.67. The Kier molecular flexibility index (Phi) is 5.34. The van der Waals surface area contributed by atoms with Crippen LogP contribution in [0.5, 0.6) is 0 Å². The average Bonchev–Trinajstić information content (AvgIpc) is 3.20. The van der Waals surface area contributed by atoms with Gasteiger partial charge in [-0.3, -0.25) is 0 Å². The van der Waals surface area contributed by atoms with Crippen LogP contribution in [0.15, 0.2) is 0 Å². The zero-order valence-corrected chi connectivity index (χ0v) is 14.7. The molecule has 0 atom stereocenters. The van der Waals surface area contributed by atoms with E-state index in [1.165, 1.54) is 0 Å². The standard InChI is InChI=1S/C15H31N3O2S/c1-12(2)16-11-13-7-9-18(10-8-13)21(19,20)17-15(3,4)14-5-6-14/h12-14,16-17H,5-11H2,1-4H3. The lowest BCUT2D eigenvalue weighted by molar-refractivity contribution is 0.256. The Labute approximate surface area is 130 Å². The quantitative estimate of drug-likeness (QED) is 0.751. The van der Waals surface area contributed by atoms with E-state index in [1.807, 2.05) is 13.8 Å². The fourth-order valence-electron chi connectivity index (χ4n) is 3.04. The van der Waals surface area contributed by atoms with E-state index < -0.39 is 10.2 Å². The fourth-order valence-corrected chi connectivity index (χ4v) is 4.69. The van der Waals surface area contributed by atoms with E-state index in [4.69, 9.17) is 0 Å². The van der Waals surface area contributed by atoms with Crippen LogP contribution in [0.3, 0.4) is 0 Å². The molecule has 1 saturated carbocycles. The highest BCUT2D eigenvalue weighted by molar-refractivity contribution is 7.87. The number of hydrogen-bond acceptors (Lipinski definition) is 3. The Bertz CT molecular complexity index is 436. The Morgan fingerprint density at radius 2 is 1.71 bits per heavy atom. The zero-order chi connectivity index (χ0) is 15.7. The van der Waals surface area contributed by atoms with Crippen LogP contribution in [0.1, 0.15) is 53.4 Å². The van der Waals surface area contributed by atoms with Gasteiger partial charge >= 0.3 is 0 Å². The molecule has 0 bridgehead atoms. The predicted molar refractivity (Wildman–Crippen MR) is 86.3 cm³/mol. The van der Waals surface area contributed by atoms with E-state index in [2.05, 4.69) is 23.9 Å². The van der Waals surface area contributed by atoms with E-state index in [0.717, 1.165) is 32.2 Å². The molecule has 2 rings (SSSR count). The van der Waals surface area contributed by atoms with Gasteiger partial charge in [0.15, 0.2) is 0 Å². The Balaban J connectivity index is 1.83. The minimum Gasteiger partial charge on any atom is -0.314 e. The molecular weight excluding hydrogens is 286 g/mol. The normalized spacial score (nSPS) is 22.9. The molecule has 0 spiro atoms. The summed E-state index contributed by atoms with van der Waals surface area (Å²) < 4.78 is 29.6. The SMILES string of the molecule is CC(C)NCC1CCN(S(=O)(=O)NC(C)(C)C2CC2)CC1. The molecule has 2 aliphatic rings. The van der Waals surface area contributed by atoms with Crippen LogP contribution in [0.25, 0.3) is 0 Å². The minimum atomic E-state index is -3.34. The van der Waals surface area contributed by atoms with Crippen LogP contribution in [-0.2, 0) is 10.2 Å². The molecule has 0 unspecified atom stereocenters. The molecule has 0 aromatic rings. The summed E-state index contributed by atoms with van der Waals surface area (Å²) in [5.74, 6) is 1.09. The molecule has 1 saturated heterocycles. The van der Waals surface area contributed by atoms with Crippen LogP contribution in [0.2, 0.25) is 0 Å². The molecule has 6 heteroatoms. The van der Waals surface area contributed by atoms with E-state index >= 15 is 0 Å². The molecule has 0 amide bonds. The van der Waals surface area contributed by atoms with Crippen molar-refractivity contribution in [2.75, 3.05) is 19.6 Å². The maximum absolute atomic E-state index is 12.5. The second kappa shape index (κ2) is 6.52. The Morgan fingerprint density at radius 3 is 2.19 bits per heavy atom. The third kappa shape index (κ3) is 4.91. The second-order valence-electron chi connectivity index (χ2n) is 7.51. The van der Waals surface area contributed by atoms with E-state index in [0.29, 0.717) is 31.0 Å². The molecule has 2 N–H and O–H groups in total. The van der Waals surface area contributed by atoms with Crippen molar-refractivity contribution < 1.29 is 8.42 Å². The Hall–Kier alpha value is -0.170. The van der Waals surface area contributed by atoms with Crippen molar-refractivity contribution in [3.05, 3.63) is 0 Å². The van der Waals surface area contributed by atoms with Gasteiger partial charge in [0, 0.05) is 24.7 Å². The summed E-state index contributed by atoms with van der Waals surface area (Å²) >= 11 is 0. The third-order valence-electron chi connectivity index (χ3n) is 4.72. The van der Waals surface area contributed by atoms with Gasteiger partial charge in [0.05, 0.1) is 0 Å². The van der Waals surface area contributed by atoms with E-state index in [1.54, 1.807) is 4.31 Å². The second-order valence-corrected chi connectivity index (χ2v) is 9.18. The fraction of sp³-hybridized carbons (Fsp3) is 1.00. The van der Waals surface area contributed by atoms with E-state index in [-0.39, 0.29) is 5.54 Å². The highest BCUT2D eigenvalue weighted by Crippen LogP contribution is 2.39. The number of piperidine rings is 1. The first-order valence-electron chi connectivity index (χ1n) is 8.23. The lowest BCUT2D eigenvalue weighted by Crippen LogP contribution is -2.53. The number of rotatable bonds is 7. The van der Waals surface area contributed by atoms with Gasteiger partial charge in [-0.25, -0.2) is 0 Å². The molecule has 21 heavy (non-hydrogen) atoms. The van der Waals surface area contributed by atoms with Crippen molar-refractivity contribution in [2.24, 2.45) is 11.8 Å². The lowest BCUT2D eigenvalue weighted by Gasteiger charge is -2.35. The molecule has 2 fully saturated rings. The number of hydrogen-bond donors (Lipinski definition) is 2. The molecule has 124 valence electrons. The molecule has 1 aliphatic heterocycles. The highest BCUT2D eigenvalue weighted by atomic mass is 32.2. The third-order valence-corrected chi connectivity index (χ3v) is 6.55. The molecule has 0 radical (unpaired) electrons. The van der Waals surface area contributed by atoms with Crippen molar-refractivity contribution in [1.29, 1.82) is 0 Å². The largest absolute Gasteiger partial charge is 0.314 e. The summed E-state index contributed by atoms with van der Waals surface area (Å²) in [6, 6.07) is 0.493. The van der Waals surface area contributed by atoms with Crippen LogP contribution >= 0.6 is 0 Å². The zero-order valence-electron chi connectivity index (χ0n) is 13.9. The summed E-state index contributed by atoms with van der Waals surface area (Å²) in [7, 11) is -3.34. The van der Waals surface area contributed by atoms with Crippen LogP contribution in [0.4, 0.5) is 0 Å². The van der Waals surface area contributed by atoms with Crippen LogP contribution < -0.4 is 10.0 Å². The van der Waals surface area contributed by atoms with Crippen molar-refractivity contribution in [1.82, 2.24) is 14.3 Å². The highest BCUT2D eigenvalue weighted by Gasteiger charge is 2.42. The molecule has 1 heterocycles. The van der Waals surface area contributed by atoms with Gasteiger partial charge in [-0.1, -0.05) is 13.8 Å². The summed E-state index contributed by atoms with van der Waals surface area (Å²) in [6.07, 6.45) is 4.17. The van der Waals surface area contributed by atoms with Crippen molar-refractivity contribution in [3.63, 3.8) is 0 Å². The first-order chi connectivity index (χ1) is 9.71. The van der Waals surface area contributed by atoms with Crippen LogP contribution in [0, 0.1) is 11.8 Å². The summed E-state index contributed by atoms with van der Waals surface area (Å²) in [5, 5.41) is 3.45. The molecule has 0 aromatic carbocycles. The molecule has 0 aromatic heterocycles. The molecule has 1 aliphatic carbocycles. The van der Waals surface area contributed by atoms with Gasteiger partial charge in [-0.15, -0.1) is 0 Å². The Morgan fingerprint density at radius 1 is 1.14 bits per heavy atom. The predicted octanol–water partition coefficient (Wildman–Crippen LogP) is 1.72. The van der Waals surface area contributed by atoms with Gasteiger partial charge in [-0.2, -0.15) is 17.4 Å². The van der Waals surface area contributed by atoms with Gasteiger partial charge in [0.1, 0.15) is 0 Å². The minimum absolute atomic E-state index is 0.311. The van der Waals surface area contributed by atoms with Gasteiger partial charge in [0.2, 0.25) is 0 Å². The summed E-state index contributed by atoms with van der Waals surface area (Å²) in [5.41, 5.74) is -0.311. The van der Waals surface area contributed by atoms with Gasteiger partial charge < -0.3 is 5.32 Å². The summed E-state index contributed by atoms with van der Waals surface area (Å²) in [6.45, 7) is 10.6. The van der Waals surface area contributed by atoms with Crippen molar-refractivity contribution in [3.8, 4) is 0 Å². The van der Waals surface area contributed by atoms with Crippen molar-refractivity contribution >= 4 is 10.2 Å². The number of nitrogens with zero attached hydrogens (tertiary/aromatic N) is 1. The molecule has 5 nitrogen and oxygen atoms in total. The smallest absolute Gasteiger partial charge is 0.279 e. The lowest BCUT2D eigenvalue weighted by atomic mass is 9.98. The maximum atomic E-state index is 12.5. The van der Waals surface area contributed by atoms with Crippen LogP contribution in [-0.4, -0.2) is 43.9 Å². The maximum Gasteiger partial charge on any atom is 0.279 e. The number of nitrogens with one attached hydrogen (secondary N) is 2.